The highest BCUT2D eigenvalue weighted by Crippen LogP contribution is 2.26. The van der Waals surface area contributed by atoms with Crippen molar-refractivity contribution in [3.05, 3.63) is 23.8 Å². The van der Waals surface area contributed by atoms with Gasteiger partial charge in [0.05, 0.1) is 6.61 Å². The van der Waals surface area contributed by atoms with E-state index < -0.39 is 0 Å². The first-order chi connectivity index (χ1) is 12.1. The van der Waals surface area contributed by atoms with Gasteiger partial charge in [-0.05, 0) is 55.5 Å². The molecule has 2 heterocycles. The monoisotopic (exact) mass is 381 g/mol. The second-order valence-corrected chi connectivity index (χ2v) is 6.96. The number of anilines is 1. The molecule has 2 amide bonds. The van der Waals surface area contributed by atoms with Crippen LogP contribution in [-0.4, -0.2) is 37.6 Å². The van der Waals surface area contributed by atoms with Crippen molar-refractivity contribution in [2.24, 2.45) is 5.92 Å². The molecule has 3 N–H and O–H groups in total. The molecule has 0 radical (unpaired) electrons. The highest BCUT2D eigenvalue weighted by atomic mass is 35.5. The predicted octanol–water partition coefficient (Wildman–Crippen LogP) is 2.27. The predicted molar refractivity (Wildman–Crippen MR) is 104 cm³/mol. The molecule has 1 saturated heterocycles. The lowest BCUT2D eigenvalue weighted by Crippen LogP contribution is -2.50. The van der Waals surface area contributed by atoms with Gasteiger partial charge >= 0.3 is 0 Å². The maximum Gasteiger partial charge on any atom is 0.224 e. The fourth-order valence-corrected chi connectivity index (χ4v) is 3.33. The summed E-state index contributed by atoms with van der Waals surface area (Å²) in [5.74, 6) is 1.48. The van der Waals surface area contributed by atoms with Crippen molar-refractivity contribution in [2.45, 2.75) is 45.1 Å². The number of ether oxygens (including phenoxy) is 1. The molecule has 1 aromatic carbocycles. The molecule has 1 fully saturated rings. The normalized spacial score (nSPS) is 21.8. The van der Waals surface area contributed by atoms with E-state index in [0.29, 0.717) is 31.8 Å². The largest absolute Gasteiger partial charge is 0.494 e. The number of carbonyl (C=O) groups excluding carboxylic acids is 2. The number of nitrogens with one attached hydrogen (secondary N) is 3. The quantitative estimate of drug-likeness (QED) is 0.660. The van der Waals surface area contributed by atoms with E-state index in [9.17, 15) is 9.59 Å². The van der Waals surface area contributed by atoms with Crippen molar-refractivity contribution in [1.29, 1.82) is 0 Å². The number of aryl methyl sites for hydroxylation is 1. The number of hydrogen-bond donors (Lipinski definition) is 3. The van der Waals surface area contributed by atoms with Gasteiger partial charge in [0.1, 0.15) is 5.75 Å². The molecule has 2 unspecified atom stereocenters. The third-order valence-electron chi connectivity index (χ3n) is 4.96. The summed E-state index contributed by atoms with van der Waals surface area (Å²) >= 11 is 0. The third kappa shape index (κ3) is 5.61. The molecule has 0 bridgehead atoms. The van der Waals surface area contributed by atoms with Crippen LogP contribution in [0.2, 0.25) is 0 Å². The van der Waals surface area contributed by atoms with Crippen molar-refractivity contribution in [2.75, 3.05) is 25.0 Å². The maximum atomic E-state index is 12.1. The molecular weight excluding hydrogens is 354 g/mol. The van der Waals surface area contributed by atoms with E-state index in [-0.39, 0.29) is 30.3 Å². The summed E-state index contributed by atoms with van der Waals surface area (Å²) in [6.45, 7) is 4.59. The standard InChI is InChI=1S/C19H27N3O3.ClH/c1-13-8-9-20-12-17(13)22-18(23)3-2-10-25-15-5-6-16-14(11-15)4-7-19(24)21-16;/h5-6,11,13,17,20H,2-4,7-10,12H2,1H3,(H,21,24)(H,22,23);1H. The number of amides is 2. The van der Waals surface area contributed by atoms with Crippen LogP contribution >= 0.6 is 12.4 Å². The van der Waals surface area contributed by atoms with Gasteiger partial charge in [-0.2, -0.15) is 0 Å². The van der Waals surface area contributed by atoms with Crippen LogP contribution in [0.1, 0.15) is 38.2 Å². The molecular formula is C19H28ClN3O3. The molecule has 7 heteroatoms. The smallest absolute Gasteiger partial charge is 0.224 e. The molecule has 2 atom stereocenters. The van der Waals surface area contributed by atoms with Gasteiger partial charge in [-0.3, -0.25) is 9.59 Å². The Bertz CT molecular complexity index is 638. The maximum absolute atomic E-state index is 12.1. The van der Waals surface area contributed by atoms with Crippen molar-refractivity contribution >= 4 is 29.9 Å². The highest BCUT2D eigenvalue weighted by Gasteiger charge is 2.22. The Morgan fingerprint density at radius 3 is 3.00 bits per heavy atom. The van der Waals surface area contributed by atoms with Gasteiger partial charge in [0.25, 0.3) is 0 Å². The second kappa shape index (κ2) is 9.78. The van der Waals surface area contributed by atoms with E-state index in [1.165, 1.54) is 0 Å². The Morgan fingerprint density at radius 1 is 1.35 bits per heavy atom. The van der Waals surface area contributed by atoms with Crippen LogP contribution in [0.4, 0.5) is 5.69 Å². The minimum atomic E-state index is 0. The number of halogens is 1. The second-order valence-electron chi connectivity index (χ2n) is 6.96. The van der Waals surface area contributed by atoms with Gasteiger partial charge in [-0.1, -0.05) is 6.92 Å². The Kier molecular flexibility index (Phi) is 7.72. The van der Waals surface area contributed by atoms with Gasteiger partial charge < -0.3 is 20.7 Å². The molecule has 0 spiro atoms. The first kappa shape index (κ1) is 20.5. The molecule has 0 aromatic heterocycles. The Hall–Kier alpha value is -1.79. The van der Waals surface area contributed by atoms with E-state index in [1.807, 2.05) is 18.2 Å². The Balaban J connectivity index is 0.00000243. The molecule has 2 aliphatic rings. The van der Waals surface area contributed by atoms with Gasteiger partial charge in [-0.15, -0.1) is 12.4 Å². The SMILES string of the molecule is CC1CCNCC1NC(=O)CCCOc1ccc2c(c1)CCC(=O)N2.Cl. The highest BCUT2D eigenvalue weighted by molar-refractivity contribution is 5.94. The number of carbonyl (C=O) groups is 2. The van der Waals surface area contributed by atoms with E-state index >= 15 is 0 Å². The van der Waals surface area contributed by atoms with Crippen LogP contribution in [0.15, 0.2) is 18.2 Å². The first-order valence-corrected chi connectivity index (χ1v) is 9.17. The van der Waals surface area contributed by atoms with Crippen LogP contribution < -0.4 is 20.7 Å². The lowest BCUT2D eigenvalue weighted by molar-refractivity contribution is -0.122. The number of piperidine rings is 1. The zero-order valence-electron chi connectivity index (χ0n) is 15.2. The zero-order chi connectivity index (χ0) is 17.6. The van der Waals surface area contributed by atoms with E-state index in [2.05, 4.69) is 22.9 Å². The van der Waals surface area contributed by atoms with E-state index in [0.717, 1.165) is 42.9 Å². The number of fused-ring (bicyclic) bond motifs is 1. The lowest BCUT2D eigenvalue weighted by Gasteiger charge is -2.30. The fourth-order valence-electron chi connectivity index (χ4n) is 3.33. The minimum absolute atomic E-state index is 0. The van der Waals surface area contributed by atoms with Gasteiger partial charge in [0, 0.05) is 31.1 Å². The summed E-state index contributed by atoms with van der Waals surface area (Å²) < 4.78 is 5.76. The Morgan fingerprint density at radius 2 is 2.19 bits per heavy atom. The first-order valence-electron chi connectivity index (χ1n) is 9.17. The summed E-state index contributed by atoms with van der Waals surface area (Å²) in [5, 5.41) is 9.30. The molecule has 0 aliphatic carbocycles. The molecule has 6 nitrogen and oxygen atoms in total. The van der Waals surface area contributed by atoms with Crippen LogP contribution in [0.3, 0.4) is 0 Å². The third-order valence-corrected chi connectivity index (χ3v) is 4.96. The molecule has 144 valence electrons. The van der Waals surface area contributed by atoms with Crippen LogP contribution in [0.5, 0.6) is 5.75 Å². The molecule has 0 saturated carbocycles. The van der Waals surface area contributed by atoms with E-state index in [1.54, 1.807) is 0 Å². The molecule has 2 aliphatic heterocycles. The van der Waals surface area contributed by atoms with Crippen molar-refractivity contribution < 1.29 is 14.3 Å². The van der Waals surface area contributed by atoms with Crippen molar-refractivity contribution in [3.8, 4) is 5.75 Å². The topological polar surface area (TPSA) is 79.5 Å². The Labute approximate surface area is 160 Å². The average Bonchev–Trinajstić information content (AvgIpc) is 2.61. The average molecular weight is 382 g/mol. The van der Waals surface area contributed by atoms with E-state index in [4.69, 9.17) is 4.74 Å². The molecule has 3 rings (SSSR count). The van der Waals surface area contributed by atoms with Crippen molar-refractivity contribution in [1.82, 2.24) is 10.6 Å². The van der Waals surface area contributed by atoms with Crippen molar-refractivity contribution in [3.63, 3.8) is 0 Å². The number of rotatable bonds is 6. The van der Waals surface area contributed by atoms with Crippen LogP contribution in [0, 0.1) is 5.92 Å². The van der Waals surface area contributed by atoms with Crippen LogP contribution in [-0.2, 0) is 16.0 Å². The summed E-state index contributed by atoms with van der Waals surface area (Å²) in [7, 11) is 0. The number of benzene rings is 1. The van der Waals surface area contributed by atoms with Gasteiger partial charge in [0.15, 0.2) is 0 Å². The summed E-state index contributed by atoms with van der Waals surface area (Å²) in [5.41, 5.74) is 1.98. The molecule has 1 aromatic rings. The van der Waals surface area contributed by atoms with Crippen LogP contribution in [0.25, 0.3) is 0 Å². The summed E-state index contributed by atoms with van der Waals surface area (Å²) in [6.07, 6.45) is 3.53. The summed E-state index contributed by atoms with van der Waals surface area (Å²) in [4.78, 5) is 23.4. The number of hydrogen-bond acceptors (Lipinski definition) is 4. The summed E-state index contributed by atoms with van der Waals surface area (Å²) in [6, 6.07) is 5.95. The minimum Gasteiger partial charge on any atom is -0.494 e. The lowest BCUT2D eigenvalue weighted by atomic mass is 9.95. The fraction of sp³-hybridized carbons (Fsp3) is 0.579. The molecule has 26 heavy (non-hydrogen) atoms. The zero-order valence-corrected chi connectivity index (χ0v) is 16.0. The van der Waals surface area contributed by atoms with Gasteiger partial charge in [0.2, 0.25) is 11.8 Å². The van der Waals surface area contributed by atoms with Gasteiger partial charge in [-0.25, -0.2) is 0 Å².